The molecule has 0 aliphatic carbocycles. The van der Waals surface area contributed by atoms with Crippen LogP contribution in [0.25, 0.3) is 0 Å². The van der Waals surface area contributed by atoms with E-state index in [9.17, 15) is 9.59 Å². The maximum absolute atomic E-state index is 12.6. The number of carbonyl (C=O) groups is 2. The third-order valence-electron chi connectivity index (χ3n) is 4.82. The topological polar surface area (TPSA) is 95.7 Å². The van der Waals surface area contributed by atoms with Crippen LogP contribution in [0.15, 0.2) is 46.4 Å². The summed E-state index contributed by atoms with van der Waals surface area (Å²) >= 11 is 1.20. The highest BCUT2D eigenvalue weighted by Crippen LogP contribution is 2.33. The average molecular weight is 397 g/mol. The Morgan fingerprint density at radius 2 is 2.18 bits per heavy atom. The minimum Gasteiger partial charge on any atom is -0.476 e. The number of carboxylic acid groups (broad SMARTS) is 1. The molecule has 7 nitrogen and oxygen atoms in total. The Labute approximate surface area is 165 Å². The molecule has 2 aromatic heterocycles. The molecule has 3 heterocycles. The van der Waals surface area contributed by atoms with Crippen LogP contribution in [0.5, 0.6) is 0 Å². The first kappa shape index (κ1) is 18.2. The minimum atomic E-state index is -1.08. The third kappa shape index (κ3) is 3.50. The second-order valence-electron chi connectivity index (χ2n) is 6.68. The van der Waals surface area contributed by atoms with Crippen molar-refractivity contribution >= 4 is 28.9 Å². The molecule has 28 heavy (non-hydrogen) atoms. The van der Waals surface area contributed by atoms with Gasteiger partial charge in [-0.15, -0.1) is 11.3 Å². The molecule has 0 bridgehead atoms. The van der Waals surface area contributed by atoms with Crippen molar-refractivity contribution in [2.24, 2.45) is 0 Å². The number of carboxylic acids is 1. The number of hydrogen-bond acceptors (Lipinski definition) is 6. The normalized spacial score (nSPS) is 15.5. The monoisotopic (exact) mass is 397 g/mol. The summed E-state index contributed by atoms with van der Waals surface area (Å²) in [7, 11) is 0. The quantitative estimate of drug-likeness (QED) is 0.663. The highest BCUT2D eigenvalue weighted by molar-refractivity contribution is 7.09. The number of nitrogens with zero attached hydrogens (tertiary/aromatic N) is 2. The van der Waals surface area contributed by atoms with Crippen molar-refractivity contribution in [1.29, 1.82) is 0 Å². The Bertz CT molecular complexity index is 1030. The molecular formula is C20H19N3O4S. The minimum absolute atomic E-state index is 0.0139. The van der Waals surface area contributed by atoms with Gasteiger partial charge in [0.25, 0.3) is 5.91 Å². The summed E-state index contributed by atoms with van der Waals surface area (Å²) in [5, 5.41) is 13.7. The highest BCUT2D eigenvalue weighted by Gasteiger charge is 2.28. The lowest BCUT2D eigenvalue weighted by molar-refractivity contribution is 0.0691. The molecule has 1 aromatic carbocycles. The summed E-state index contributed by atoms with van der Waals surface area (Å²) in [4.78, 5) is 29.7. The van der Waals surface area contributed by atoms with Gasteiger partial charge in [-0.05, 0) is 31.0 Å². The molecule has 1 atom stereocenters. The summed E-state index contributed by atoms with van der Waals surface area (Å²) in [6.07, 6.45) is 2.48. The van der Waals surface area contributed by atoms with E-state index in [1.54, 1.807) is 6.07 Å². The van der Waals surface area contributed by atoms with Crippen LogP contribution >= 0.6 is 11.3 Å². The van der Waals surface area contributed by atoms with E-state index < -0.39 is 5.97 Å². The first-order valence-electron chi connectivity index (χ1n) is 8.89. The van der Waals surface area contributed by atoms with E-state index in [4.69, 9.17) is 9.52 Å². The predicted molar refractivity (Wildman–Crippen MR) is 105 cm³/mol. The van der Waals surface area contributed by atoms with Gasteiger partial charge < -0.3 is 19.7 Å². The molecule has 1 unspecified atom stereocenters. The van der Waals surface area contributed by atoms with Gasteiger partial charge in [0.1, 0.15) is 10.8 Å². The first-order chi connectivity index (χ1) is 13.5. The van der Waals surface area contributed by atoms with Gasteiger partial charge >= 0.3 is 5.97 Å². The number of furan rings is 1. The van der Waals surface area contributed by atoms with Gasteiger partial charge in [0.05, 0.1) is 24.9 Å². The van der Waals surface area contributed by atoms with Crippen LogP contribution in [0.3, 0.4) is 0 Å². The number of thiazole rings is 1. The van der Waals surface area contributed by atoms with Crippen LogP contribution < -0.4 is 10.2 Å². The van der Waals surface area contributed by atoms with Crippen LogP contribution in [0.1, 0.15) is 44.1 Å². The summed E-state index contributed by atoms with van der Waals surface area (Å²) in [6.45, 7) is 2.84. The summed E-state index contributed by atoms with van der Waals surface area (Å²) in [6, 6.07) is 10.2. The Morgan fingerprint density at radius 3 is 2.96 bits per heavy atom. The molecule has 0 spiro atoms. The van der Waals surface area contributed by atoms with Gasteiger partial charge in [0.15, 0.2) is 5.69 Å². The number of aromatic carboxylic acids is 1. The van der Waals surface area contributed by atoms with Crippen LogP contribution in [0, 0.1) is 0 Å². The fourth-order valence-electron chi connectivity index (χ4n) is 3.43. The van der Waals surface area contributed by atoms with Crippen LogP contribution in [0.4, 0.5) is 5.69 Å². The average Bonchev–Trinajstić information content (AvgIpc) is 3.40. The Morgan fingerprint density at radius 1 is 1.36 bits per heavy atom. The second-order valence-corrected chi connectivity index (χ2v) is 7.62. The fourth-order valence-corrected chi connectivity index (χ4v) is 4.14. The molecule has 0 saturated carbocycles. The molecule has 4 rings (SSSR count). The molecule has 0 fully saturated rings. The standard InChI is InChI=1S/C20H19N3O4S/c1-12-8-13-4-2-3-5-16(13)23(12)10-17-14(6-7-27-17)19(24)21-9-18-22-15(11-28-18)20(25)26/h2-7,11-12H,8-10H2,1H3,(H,21,24)(H,25,26). The molecular weight excluding hydrogens is 378 g/mol. The smallest absolute Gasteiger partial charge is 0.355 e. The molecule has 1 amide bonds. The molecule has 0 saturated heterocycles. The maximum Gasteiger partial charge on any atom is 0.355 e. The van der Waals surface area contributed by atoms with Gasteiger partial charge in [-0.3, -0.25) is 4.79 Å². The fraction of sp³-hybridized carbons (Fsp3) is 0.250. The van der Waals surface area contributed by atoms with E-state index in [2.05, 4.69) is 34.3 Å². The molecule has 0 radical (unpaired) electrons. The number of para-hydroxylation sites is 1. The lowest BCUT2D eigenvalue weighted by Crippen LogP contribution is -2.30. The van der Waals surface area contributed by atoms with Crippen LogP contribution in [-0.2, 0) is 19.5 Å². The molecule has 1 aliphatic rings. The summed E-state index contributed by atoms with van der Waals surface area (Å²) in [5.74, 6) is -0.742. The number of benzene rings is 1. The number of carbonyl (C=O) groups excluding carboxylic acids is 1. The number of hydrogen-bond donors (Lipinski definition) is 2. The Balaban J connectivity index is 1.45. The van der Waals surface area contributed by atoms with E-state index >= 15 is 0 Å². The van der Waals surface area contributed by atoms with Gasteiger partial charge in [0, 0.05) is 17.1 Å². The number of anilines is 1. The van der Waals surface area contributed by atoms with Crippen LogP contribution in [-0.4, -0.2) is 28.0 Å². The number of nitrogens with one attached hydrogen (secondary N) is 1. The SMILES string of the molecule is CC1Cc2ccccc2N1Cc1occc1C(=O)NCc1nc(C(=O)O)cs1. The van der Waals surface area contributed by atoms with Crippen molar-refractivity contribution in [3.63, 3.8) is 0 Å². The molecule has 3 aromatic rings. The van der Waals surface area contributed by atoms with Crippen molar-refractivity contribution in [2.45, 2.75) is 32.5 Å². The lowest BCUT2D eigenvalue weighted by Gasteiger charge is -2.24. The van der Waals surface area contributed by atoms with Gasteiger partial charge in [-0.2, -0.15) is 0 Å². The largest absolute Gasteiger partial charge is 0.476 e. The zero-order valence-electron chi connectivity index (χ0n) is 15.2. The molecule has 1 aliphatic heterocycles. The Kier molecular flexibility index (Phi) is 4.87. The summed E-state index contributed by atoms with van der Waals surface area (Å²) in [5.41, 5.74) is 2.93. The van der Waals surface area contributed by atoms with Crippen molar-refractivity contribution in [3.8, 4) is 0 Å². The van der Waals surface area contributed by atoms with Crippen molar-refractivity contribution in [3.05, 3.63) is 69.6 Å². The van der Waals surface area contributed by atoms with Crippen molar-refractivity contribution < 1.29 is 19.1 Å². The van der Waals surface area contributed by atoms with Gasteiger partial charge in [-0.25, -0.2) is 9.78 Å². The number of aromatic nitrogens is 1. The zero-order chi connectivity index (χ0) is 19.7. The number of amides is 1. The van der Waals surface area contributed by atoms with Gasteiger partial charge in [0.2, 0.25) is 0 Å². The molecule has 2 N–H and O–H groups in total. The maximum atomic E-state index is 12.6. The first-order valence-corrected chi connectivity index (χ1v) is 9.77. The van der Waals surface area contributed by atoms with E-state index in [0.717, 1.165) is 6.42 Å². The molecule has 144 valence electrons. The predicted octanol–water partition coefficient (Wildman–Crippen LogP) is 3.32. The van der Waals surface area contributed by atoms with E-state index in [1.807, 2.05) is 12.1 Å². The second kappa shape index (κ2) is 7.47. The van der Waals surface area contributed by atoms with Crippen molar-refractivity contribution in [1.82, 2.24) is 10.3 Å². The van der Waals surface area contributed by atoms with E-state index in [0.29, 0.717) is 28.9 Å². The summed E-state index contributed by atoms with van der Waals surface area (Å²) < 4.78 is 5.61. The molecule has 8 heteroatoms. The third-order valence-corrected chi connectivity index (χ3v) is 5.67. The van der Waals surface area contributed by atoms with E-state index in [-0.39, 0.29) is 18.1 Å². The number of rotatable bonds is 6. The zero-order valence-corrected chi connectivity index (χ0v) is 16.0. The number of fused-ring (bicyclic) bond motifs is 1. The van der Waals surface area contributed by atoms with Gasteiger partial charge in [-0.1, -0.05) is 18.2 Å². The Hall–Kier alpha value is -3.13. The highest BCUT2D eigenvalue weighted by atomic mass is 32.1. The lowest BCUT2D eigenvalue weighted by atomic mass is 10.1. The van der Waals surface area contributed by atoms with Crippen molar-refractivity contribution in [2.75, 3.05) is 4.90 Å². The van der Waals surface area contributed by atoms with E-state index in [1.165, 1.54) is 34.2 Å². The van der Waals surface area contributed by atoms with Crippen LogP contribution in [0.2, 0.25) is 0 Å².